The van der Waals surface area contributed by atoms with Gasteiger partial charge in [-0.15, -0.1) is 0 Å². The first-order valence-corrected chi connectivity index (χ1v) is 6.05. The van der Waals surface area contributed by atoms with Crippen molar-refractivity contribution < 1.29 is 129 Å². The summed E-state index contributed by atoms with van der Waals surface area (Å²) >= 11 is 0. The Balaban J connectivity index is 0. The first kappa shape index (κ1) is 20.6. The molecule has 0 bridgehead atoms. The zero-order valence-corrected chi connectivity index (χ0v) is 16.5. The molecule has 78 valence electrons. The van der Waals surface area contributed by atoms with Crippen molar-refractivity contribution in [2.45, 2.75) is 9.79 Å². The van der Waals surface area contributed by atoms with Gasteiger partial charge >= 0.3 is 103 Å². The van der Waals surface area contributed by atoms with E-state index in [0.717, 1.165) is 24.3 Å². The predicted octanol–water partition coefficient (Wildman–Crippen LogP) is -6.50. The Hall–Kier alpha value is 2.31. The maximum Gasteiger partial charge on any atom is 1.00 e. The summed E-state index contributed by atoms with van der Waals surface area (Å²) in [5.41, 5.74) is 0. The Morgan fingerprint density at radius 3 is 1.19 bits per heavy atom. The third-order valence-corrected chi connectivity index (χ3v) is 3.31. The zero-order chi connectivity index (χ0) is 11.0. The molecule has 0 radical (unpaired) electrons. The van der Waals surface area contributed by atoms with Gasteiger partial charge in [-0.3, -0.25) is 0 Å². The van der Waals surface area contributed by atoms with E-state index in [-0.39, 0.29) is 103 Å². The van der Waals surface area contributed by atoms with Gasteiger partial charge in [0.1, 0.15) is 20.2 Å². The Kier molecular flexibility index (Phi) is 10.0. The van der Waals surface area contributed by atoms with Crippen LogP contribution in [0, 0.1) is 0 Å². The van der Waals surface area contributed by atoms with Crippen molar-refractivity contribution in [1.29, 1.82) is 0 Å². The topological polar surface area (TPSA) is 114 Å². The molecule has 0 aliphatic carbocycles. The first-order chi connectivity index (χ1) is 6.23. The van der Waals surface area contributed by atoms with E-state index >= 15 is 0 Å². The van der Waals surface area contributed by atoms with Crippen molar-refractivity contribution in [3.63, 3.8) is 0 Å². The second-order valence-electron chi connectivity index (χ2n) is 2.35. The summed E-state index contributed by atoms with van der Waals surface area (Å²) in [7, 11) is -9.89. The molecule has 0 aliphatic heterocycles. The van der Waals surface area contributed by atoms with Crippen molar-refractivity contribution in [1.82, 2.24) is 0 Å². The number of benzene rings is 1. The molecule has 1 aromatic rings. The molecule has 1 rings (SSSR count). The van der Waals surface area contributed by atoms with Crippen LogP contribution in [0.2, 0.25) is 0 Å². The fourth-order valence-electron chi connectivity index (χ4n) is 0.863. The van der Waals surface area contributed by atoms with Gasteiger partial charge in [-0.25, -0.2) is 16.8 Å². The van der Waals surface area contributed by atoms with Crippen molar-refractivity contribution in [3.8, 4) is 0 Å². The standard InChI is InChI=1S/C6H6O6S2.2K/c7-13(8,9)5-3-1-2-4-6(5)14(10,11)12;;/h1-4H,(H,7,8,9)(H,10,11,12);;/q;2*+1/p-2. The summed E-state index contributed by atoms with van der Waals surface area (Å²) in [6.45, 7) is 0. The normalized spacial score (nSPS) is 11.1. The average Bonchev–Trinajstić information content (AvgIpc) is 2.01. The molecular formula is C6H4K2O6S2. The van der Waals surface area contributed by atoms with Crippen LogP contribution in [0.5, 0.6) is 0 Å². The molecule has 0 spiro atoms. The molecule has 0 aliphatic rings. The van der Waals surface area contributed by atoms with E-state index in [4.69, 9.17) is 0 Å². The number of hydrogen-bond acceptors (Lipinski definition) is 6. The van der Waals surface area contributed by atoms with Crippen LogP contribution < -0.4 is 103 Å². The Morgan fingerprint density at radius 2 is 1.00 bits per heavy atom. The van der Waals surface area contributed by atoms with Gasteiger partial charge in [0.15, 0.2) is 0 Å². The summed E-state index contributed by atoms with van der Waals surface area (Å²) in [6, 6.07) is 3.85. The second kappa shape index (κ2) is 7.79. The summed E-state index contributed by atoms with van der Waals surface area (Å²) in [5, 5.41) is 0. The monoisotopic (exact) mass is 314 g/mol. The molecule has 0 heterocycles. The smallest absolute Gasteiger partial charge is 0.744 e. The maximum absolute atomic E-state index is 10.5. The van der Waals surface area contributed by atoms with Crippen LogP contribution >= 0.6 is 0 Å². The molecule has 0 saturated carbocycles. The van der Waals surface area contributed by atoms with Gasteiger partial charge in [-0.1, -0.05) is 12.1 Å². The minimum Gasteiger partial charge on any atom is -0.744 e. The largest absolute Gasteiger partial charge is 1.00 e. The third-order valence-electron chi connectivity index (χ3n) is 1.39. The fraction of sp³-hybridized carbons (Fsp3) is 0. The minimum atomic E-state index is -4.95. The summed E-state index contributed by atoms with van der Waals surface area (Å²) < 4.78 is 63.2. The van der Waals surface area contributed by atoms with E-state index in [2.05, 4.69) is 0 Å². The van der Waals surface area contributed by atoms with E-state index in [1.54, 1.807) is 0 Å². The molecule has 0 aromatic heterocycles. The predicted molar refractivity (Wildman–Crippen MR) is 42.4 cm³/mol. The van der Waals surface area contributed by atoms with Crippen LogP contribution in [0.25, 0.3) is 0 Å². The first-order valence-electron chi connectivity index (χ1n) is 3.24. The van der Waals surface area contributed by atoms with E-state index in [0.29, 0.717) is 0 Å². The van der Waals surface area contributed by atoms with E-state index < -0.39 is 30.0 Å². The maximum atomic E-state index is 10.5. The SMILES string of the molecule is O=S(=O)([O-])c1ccccc1S(=O)(=O)[O-].[K+].[K+]. The zero-order valence-electron chi connectivity index (χ0n) is 8.58. The number of hydrogen-bond donors (Lipinski definition) is 0. The van der Waals surface area contributed by atoms with Crippen molar-refractivity contribution in [2.24, 2.45) is 0 Å². The Bertz CT molecular complexity index is 499. The van der Waals surface area contributed by atoms with Crippen LogP contribution in [-0.4, -0.2) is 25.9 Å². The van der Waals surface area contributed by atoms with Gasteiger partial charge < -0.3 is 9.11 Å². The summed E-state index contributed by atoms with van der Waals surface area (Å²) in [4.78, 5) is -2.04. The quantitative estimate of drug-likeness (QED) is 0.396. The van der Waals surface area contributed by atoms with Crippen LogP contribution in [0.3, 0.4) is 0 Å². The Morgan fingerprint density at radius 1 is 0.750 bits per heavy atom. The minimum absolute atomic E-state index is 0. The molecule has 0 saturated heterocycles. The molecule has 0 atom stereocenters. The number of rotatable bonds is 2. The molecule has 0 fully saturated rings. The van der Waals surface area contributed by atoms with Crippen LogP contribution in [0.1, 0.15) is 0 Å². The molecule has 10 heteroatoms. The molecule has 0 amide bonds. The summed E-state index contributed by atoms with van der Waals surface area (Å²) in [6.07, 6.45) is 0. The van der Waals surface area contributed by atoms with Crippen LogP contribution in [0.4, 0.5) is 0 Å². The van der Waals surface area contributed by atoms with Crippen molar-refractivity contribution in [2.75, 3.05) is 0 Å². The van der Waals surface area contributed by atoms with Gasteiger partial charge in [0, 0.05) is 0 Å². The molecule has 1 aromatic carbocycles. The molecule has 0 N–H and O–H groups in total. The van der Waals surface area contributed by atoms with E-state index in [1.807, 2.05) is 0 Å². The third kappa shape index (κ3) is 5.97. The van der Waals surface area contributed by atoms with Crippen molar-refractivity contribution in [3.05, 3.63) is 24.3 Å². The van der Waals surface area contributed by atoms with E-state index in [9.17, 15) is 25.9 Å². The van der Waals surface area contributed by atoms with Crippen LogP contribution in [-0.2, 0) is 20.2 Å². The average molecular weight is 314 g/mol. The van der Waals surface area contributed by atoms with Gasteiger partial charge in [0.25, 0.3) is 0 Å². The van der Waals surface area contributed by atoms with Gasteiger partial charge in [0.2, 0.25) is 0 Å². The van der Waals surface area contributed by atoms with Gasteiger partial charge in [-0.05, 0) is 12.1 Å². The molecular weight excluding hydrogens is 310 g/mol. The molecule has 0 unspecified atom stereocenters. The molecule has 16 heavy (non-hydrogen) atoms. The fourth-order valence-corrected chi connectivity index (χ4v) is 2.59. The van der Waals surface area contributed by atoms with Crippen molar-refractivity contribution >= 4 is 20.2 Å². The van der Waals surface area contributed by atoms with E-state index in [1.165, 1.54) is 0 Å². The summed E-state index contributed by atoms with van der Waals surface area (Å²) in [5.74, 6) is 0. The van der Waals surface area contributed by atoms with Gasteiger partial charge in [-0.2, -0.15) is 0 Å². The second-order valence-corrected chi connectivity index (χ2v) is 5.05. The Labute approximate surface area is 179 Å². The molecule has 6 nitrogen and oxygen atoms in total. The van der Waals surface area contributed by atoms with Crippen LogP contribution in [0.15, 0.2) is 34.1 Å². The van der Waals surface area contributed by atoms with Gasteiger partial charge in [0.05, 0.1) is 9.79 Å².